The van der Waals surface area contributed by atoms with Gasteiger partial charge in [0.1, 0.15) is 23.2 Å². The summed E-state index contributed by atoms with van der Waals surface area (Å²) in [6, 6.07) is 10.4. The Morgan fingerprint density at radius 3 is 1.32 bits per heavy atom. The van der Waals surface area contributed by atoms with Crippen molar-refractivity contribution in [1.82, 2.24) is 0 Å². The van der Waals surface area contributed by atoms with Crippen LogP contribution in [0.4, 0.5) is 43.9 Å². The zero-order valence-corrected chi connectivity index (χ0v) is 18.7. The van der Waals surface area contributed by atoms with E-state index in [-0.39, 0.29) is 28.2 Å². The predicted molar refractivity (Wildman–Crippen MR) is 103 cm³/mol. The van der Waals surface area contributed by atoms with Crippen LogP contribution in [0.1, 0.15) is 31.8 Å². The third-order valence-electron chi connectivity index (χ3n) is 4.72. The minimum atomic E-state index is -2.29. The Bertz CT molecular complexity index is 1290. The number of carbonyl (C=O) groups is 2. The van der Waals surface area contributed by atoms with Gasteiger partial charge in [-0.25, -0.2) is 43.9 Å². The summed E-state index contributed by atoms with van der Waals surface area (Å²) in [6.45, 7) is 0. The van der Waals surface area contributed by atoms with Gasteiger partial charge in [-0.1, -0.05) is 5.56 Å². The van der Waals surface area contributed by atoms with Crippen molar-refractivity contribution in [2.45, 2.75) is 0 Å². The first kappa shape index (κ1) is 29.5. The van der Waals surface area contributed by atoms with Crippen molar-refractivity contribution in [3.63, 3.8) is 0 Å². The van der Waals surface area contributed by atoms with Crippen molar-refractivity contribution in [2.75, 3.05) is 0 Å². The van der Waals surface area contributed by atoms with E-state index in [2.05, 4.69) is 0 Å². The Morgan fingerprint density at radius 1 is 0.568 bits per heavy atom. The van der Waals surface area contributed by atoms with Gasteiger partial charge in [-0.15, -0.1) is 23.8 Å². The molecular weight excluding hydrogens is 566 g/mol. The fourth-order valence-electron chi connectivity index (χ4n) is 2.95. The van der Waals surface area contributed by atoms with E-state index < -0.39 is 80.9 Å². The second-order valence-electron chi connectivity index (χ2n) is 6.90. The number of hydrogen-bond acceptors (Lipinski definition) is 2. The second kappa shape index (κ2) is 11.6. The molecule has 4 aromatic rings. The molecule has 0 radical (unpaired) electrons. The maximum atomic E-state index is 13.3. The largest absolute Gasteiger partial charge is 0.346 e. The minimum absolute atomic E-state index is 0. The van der Waals surface area contributed by atoms with Gasteiger partial charge in [0.2, 0.25) is 5.82 Å². The summed E-state index contributed by atoms with van der Waals surface area (Å²) in [5.41, 5.74) is -3.20. The molecule has 0 aliphatic rings. The van der Waals surface area contributed by atoms with E-state index in [1.807, 2.05) is 0 Å². The van der Waals surface area contributed by atoms with E-state index in [1.165, 1.54) is 48.5 Å². The zero-order chi connectivity index (χ0) is 26.9. The van der Waals surface area contributed by atoms with Crippen LogP contribution in [-0.2, 0) is 17.1 Å². The van der Waals surface area contributed by atoms with Crippen LogP contribution in [0.5, 0.6) is 0 Å². The van der Waals surface area contributed by atoms with Crippen LogP contribution < -0.4 is 0 Å². The number of hydrogen-bond donors (Lipinski definition) is 0. The van der Waals surface area contributed by atoms with Crippen LogP contribution in [-0.4, -0.2) is 11.6 Å². The van der Waals surface area contributed by atoms with Crippen LogP contribution in [0.2, 0.25) is 0 Å². The van der Waals surface area contributed by atoms with Gasteiger partial charge in [0, 0.05) is 22.6 Å². The van der Waals surface area contributed by atoms with Gasteiger partial charge < -0.3 is 9.59 Å². The van der Waals surface area contributed by atoms with Crippen molar-refractivity contribution in [2.24, 2.45) is 0 Å². The van der Waals surface area contributed by atoms with Gasteiger partial charge in [-0.05, 0) is 0 Å². The van der Waals surface area contributed by atoms with Gasteiger partial charge in [0.05, 0.1) is 5.56 Å². The van der Waals surface area contributed by atoms with E-state index in [1.54, 1.807) is 0 Å². The molecule has 0 N–H and O–H groups in total. The number of benzene rings is 2. The first-order valence-electron chi connectivity index (χ1n) is 9.45. The summed E-state index contributed by atoms with van der Waals surface area (Å²) in [6.07, 6.45) is 0. The Balaban J connectivity index is 0.000000253. The van der Waals surface area contributed by atoms with E-state index in [4.69, 9.17) is 0 Å². The summed E-state index contributed by atoms with van der Waals surface area (Å²) >= 11 is 0. The van der Waals surface area contributed by atoms with Crippen molar-refractivity contribution >= 4 is 11.6 Å². The number of ketones is 2. The first-order chi connectivity index (χ1) is 16.9. The molecule has 0 spiro atoms. The molecule has 2 nitrogen and oxygen atoms in total. The molecule has 0 aromatic heterocycles. The standard InChI is InChI=1S/2C12H4F5O.Fe/c2*13-7-6(12(18)5-3-1-2-4-5)8(14)10(16)11(17)9(7)15;/h2*1-4H;/q2*-1;. The van der Waals surface area contributed by atoms with E-state index in [0.29, 0.717) is 0 Å². The third-order valence-corrected chi connectivity index (χ3v) is 4.72. The molecule has 0 unspecified atom stereocenters. The van der Waals surface area contributed by atoms with Crippen LogP contribution in [0.3, 0.4) is 0 Å². The summed E-state index contributed by atoms with van der Waals surface area (Å²) in [7, 11) is 0. The average molecular weight is 574 g/mol. The molecule has 4 aromatic carbocycles. The van der Waals surface area contributed by atoms with Crippen LogP contribution in [0, 0.1) is 58.2 Å². The number of carbonyl (C=O) groups excluding carboxylic acids is 2. The third kappa shape index (κ3) is 5.37. The Morgan fingerprint density at radius 2 is 0.946 bits per heavy atom. The molecule has 0 atom stereocenters. The molecule has 0 bridgehead atoms. The van der Waals surface area contributed by atoms with Crippen LogP contribution >= 0.6 is 0 Å². The quantitative estimate of drug-likeness (QED) is 0.0683. The average Bonchev–Trinajstić information content (AvgIpc) is 3.59. The smallest absolute Gasteiger partial charge is 0.200 e. The number of rotatable bonds is 4. The minimum Gasteiger partial charge on any atom is -0.346 e. The maximum absolute atomic E-state index is 13.3. The molecule has 0 fully saturated rings. The molecule has 196 valence electrons. The predicted octanol–water partition coefficient (Wildman–Crippen LogP) is 6.66. The summed E-state index contributed by atoms with van der Waals surface area (Å²) in [4.78, 5) is 23.3. The van der Waals surface area contributed by atoms with E-state index in [0.717, 1.165) is 0 Å². The SMILES string of the molecule is O=C(c1c(F)c(F)c(F)c(F)c1F)[c-]1cccc1.O=C(c1ccc[cH-]1)c1c(F)c(F)c(F)c(F)c1F.[Fe]. The van der Waals surface area contributed by atoms with Crippen molar-refractivity contribution in [3.05, 3.63) is 129 Å². The van der Waals surface area contributed by atoms with Crippen molar-refractivity contribution in [1.29, 1.82) is 0 Å². The van der Waals surface area contributed by atoms with Crippen molar-refractivity contribution < 1.29 is 70.6 Å². The summed E-state index contributed by atoms with van der Waals surface area (Å²) in [5, 5.41) is 0. The Kier molecular flexibility index (Phi) is 9.23. The first-order valence-corrected chi connectivity index (χ1v) is 9.45. The molecule has 4 rings (SSSR count). The van der Waals surface area contributed by atoms with Crippen LogP contribution in [0.15, 0.2) is 48.5 Å². The molecule has 13 heteroatoms. The topological polar surface area (TPSA) is 34.1 Å². The molecule has 0 saturated carbocycles. The Labute approximate surface area is 211 Å². The van der Waals surface area contributed by atoms with Gasteiger partial charge in [0.25, 0.3) is 0 Å². The molecule has 37 heavy (non-hydrogen) atoms. The normalized spacial score (nSPS) is 10.4. The molecule has 0 aliphatic carbocycles. The zero-order valence-electron chi connectivity index (χ0n) is 17.6. The van der Waals surface area contributed by atoms with Gasteiger partial charge in [-0.2, -0.15) is 30.3 Å². The van der Waals surface area contributed by atoms with Gasteiger partial charge in [0.15, 0.2) is 40.7 Å². The van der Waals surface area contributed by atoms with Gasteiger partial charge >= 0.3 is 0 Å². The molecule has 0 heterocycles. The van der Waals surface area contributed by atoms with Gasteiger partial charge in [-0.3, -0.25) is 0 Å². The second-order valence-corrected chi connectivity index (χ2v) is 6.90. The summed E-state index contributed by atoms with van der Waals surface area (Å²) < 4.78 is 130. The summed E-state index contributed by atoms with van der Waals surface area (Å²) in [5.74, 6) is -24.1. The fraction of sp³-hybridized carbons (Fsp3) is 0. The Hall–Kier alpha value is -3.70. The fourth-order valence-corrected chi connectivity index (χ4v) is 2.95. The molecule has 0 saturated heterocycles. The molecule has 0 aliphatic heterocycles. The maximum Gasteiger partial charge on any atom is 0.200 e. The van der Waals surface area contributed by atoms with Crippen LogP contribution in [0.25, 0.3) is 0 Å². The molecule has 0 amide bonds. The van der Waals surface area contributed by atoms with E-state index >= 15 is 0 Å². The number of halogens is 10. The van der Waals surface area contributed by atoms with E-state index in [9.17, 15) is 53.5 Å². The monoisotopic (exact) mass is 574 g/mol. The van der Waals surface area contributed by atoms with Crippen molar-refractivity contribution in [3.8, 4) is 0 Å². The molecular formula is C24H8F10FeO2-2.